The zero-order valence-electron chi connectivity index (χ0n) is 9.22. The van der Waals surface area contributed by atoms with Crippen LogP contribution >= 0.6 is 0 Å². The van der Waals surface area contributed by atoms with Crippen molar-refractivity contribution in [1.82, 2.24) is 5.06 Å². The summed E-state index contributed by atoms with van der Waals surface area (Å²) < 4.78 is 36.8. The zero-order valence-corrected chi connectivity index (χ0v) is 10.0. The van der Waals surface area contributed by atoms with Crippen LogP contribution in [-0.2, 0) is 10.4 Å². The molecule has 7 nitrogen and oxygen atoms in total. The SMILES string of the molecule is CCN(O)COc1ccccc1.O=S(=O)(O)O. The van der Waals surface area contributed by atoms with E-state index in [1.165, 1.54) is 0 Å². The summed E-state index contributed by atoms with van der Waals surface area (Å²) in [6.07, 6.45) is 0. The molecule has 0 saturated carbocycles. The summed E-state index contributed by atoms with van der Waals surface area (Å²) in [4.78, 5) is 0. The maximum Gasteiger partial charge on any atom is 0.394 e. The summed E-state index contributed by atoms with van der Waals surface area (Å²) >= 11 is 0. The number of rotatable bonds is 4. The predicted octanol–water partition coefficient (Wildman–Crippen LogP) is 1.08. The minimum Gasteiger partial charge on any atom is -0.476 e. The molecule has 0 spiro atoms. The highest BCUT2D eigenvalue weighted by molar-refractivity contribution is 7.79. The maximum atomic E-state index is 9.03. The van der Waals surface area contributed by atoms with Gasteiger partial charge in [0.25, 0.3) is 0 Å². The van der Waals surface area contributed by atoms with Gasteiger partial charge in [0.2, 0.25) is 0 Å². The van der Waals surface area contributed by atoms with E-state index in [0.29, 0.717) is 6.54 Å². The van der Waals surface area contributed by atoms with Crippen LogP contribution in [0.15, 0.2) is 30.3 Å². The van der Waals surface area contributed by atoms with Crippen molar-refractivity contribution >= 4 is 10.4 Å². The number of nitrogens with zero attached hydrogens (tertiary/aromatic N) is 1. The molecule has 0 radical (unpaired) electrons. The summed E-state index contributed by atoms with van der Waals surface area (Å²) in [5.41, 5.74) is 0. The van der Waals surface area contributed by atoms with Gasteiger partial charge in [-0.1, -0.05) is 18.2 Å². The fraction of sp³-hybridized carbons (Fsp3) is 0.333. The molecule has 0 aromatic heterocycles. The van der Waals surface area contributed by atoms with Crippen molar-refractivity contribution in [3.63, 3.8) is 0 Å². The molecule has 17 heavy (non-hydrogen) atoms. The molecule has 0 heterocycles. The van der Waals surface area contributed by atoms with Gasteiger partial charge in [0, 0.05) is 6.54 Å². The summed E-state index contributed by atoms with van der Waals surface area (Å²) in [7, 11) is -4.67. The molecule has 0 atom stereocenters. The third-order valence-electron chi connectivity index (χ3n) is 1.49. The van der Waals surface area contributed by atoms with E-state index in [2.05, 4.69) is 0 Å². The minimum absolute atomic E-state index is 0.209. The van der Waals surface area contributed by atoms with Crippen molar-refractivity contribution in [2.45, 2.75) is 6.92 Å². The average Bonchev–Trinajstić information content (AvgIpc) is 2.25. The first kappa shape index (κ1) is 15.8. The zero-order chi connectivity index (χ0) is 13.3. The van der Waals surface area contributed by atoms with Crippen LogP contribution in [0.3, 0.4) is 0 Å². The van der Waals surface area contributed by atoms with Gasteiger partial charge in [0.15, 0.2) is 6.73 Å². The summed E-state index contributed by atoms with van der Waals surface area (Å²) in [6, 6.07) is 9.41. The van der Waals surface area contributed by atoms with Crippen LogP contribution in [0.2, 0.25) is 0 Å². The molecular formula is C9H15NO6S. The average molecular weight is 265 g/mol. The Balaban J connectivity index is 0.000000437. The Labute approximate surface area is 99.8 Å². The highest BCUT2D eigenvalue weighted by Crippen LogP contribution is 2.07. The summed E-state index contributed by atoms with van der Waals surface area (Å²) in [5, 5.41) is 10.1. The minimum atomic E-state index is -4.67. The normalized spacial score (nSPS) is 10.6. The number of para-hydroxylation sites is 1. The monoisotopic (exact) mass is 265 g/mol. The Morgan fingerprint density at radius 3 is 2.12 bits per heavy atom. The van der Waals surface area contributed by atoms with Crippen molar-refractivity contribution in [3.8, 4) is 5.75 Å². The lowest BCUT2D eigenvalue weighted by Gasteiger charge is -2.12. The molecule has 0 aliphatic carbocycles. The molecule has 1 rings (SSSR count). The van der Waals surface area contributed by atoms with E-state index < -0.39 is 10.4 Å². The molecule has 0 aliphatic rings. The van der Waals surface area contributed by atoms with Crippen molar-refractivity contribution in [1.29, 1.82) is 0 Å². The molecule has 3 N–H and O–H groups in total. The maximum absolute atomic E-state index is 9.03. The van der Waals surface area contributed by atoms with Crippen molar-refractivity contribution in [3.05, 3.63) is 30.3 Å². The molecule has 0 aliphatic heterocycles. The Morgan fingerprint density at radius 2 is 1.71 bits per heavy atom. The van der Waals surface area contributed by atoms with E-state index in [9.17, 15) is 0 Å². The van der Waals surface area contributed by atoms with Gasteiger partial charge in [0.05, 0.1) is 0 Å². The van der Waals surface area contributed by atoms with Gasteiger partial charge < -0.3 is 9.94 Å². The van der Waals surface area contributed by atoms with E-state index >= 15 is 0 Å². The van der Waals surface area contributed by atoms with Gasteiger partial charge in [-0.05, 0) is 19.1 Å². The standard InChI is InChI=1S/C9H13NO2.H2O4S/c1-2-10(11)8-12-9-6-4-3-5-7-9;1-5(2,3)4/h3-7,11H,2,8H2,1H3;(H2,1,2,3,4). The molecule has 0 bridgehead atoms. The first-order chi connectivity index (χ1) is 7.83. The predicted molar refractivity (Wildman–Crippen MR) is 60.3 cm³/mol. The van der Waals surface area contributed by atoms with Crippen LogP contribution in [0.1, 0.15) is 6.92 Å². The molecule has 0 amide bonds. The molecule has 0 unspecified atom stereocenters. The van der Waals surface area contributed by atoms with Crippen LogP contribution in [0.25, 0.3) is 0 Å². The van der Waals surface area contributed by atoms with E-state index in [-0.39, 0.29) is 6.73 Å². The third kappa shape index (κ3) is 12.7. The van der Waals surface area contributed by atoms with Crippen molar-refractivity contribution in [2.24, 2.45) is 0 Å². The smallest absolute Gasteiger partial charge is 0.394 e. The quantitative estimate of drug-likeness (QED) is 0.424. The number of hydroxylamine groups is 2. The van der Waals surface area contributed by atoms with Gasteiger partial charge in [-0.25, -0.2) is 0 Å². The molecule has 0 saturated heterocycles. The second kappa shape index (κ2) is 7.98. The van der Waals surface area contributed by atoms with Gasteiger partial charge >= 0.3 is 10.4 Å². The Kier molecular flexibility index (Phi) is 7.42. The molecule has 98 valence electrons. The first-order valence-corrected chi connectivity index (χ1v) is 6.04. The lowest BCUT2D eigenvalue weighted by Crippen LogP contribution is -2.23. The lowest BCUT2D eigenvalue weighted by molar-refractivity contribution is -0.130. The summed E-state index contributed by atoms with van der Waals surface area (Å²) in [5.74, 6) is 0.769. The Morgan fingerprint density at radius 1 is 1.24 bits per heavy atom. The van der Waals surface area contributed by atoms with E-state index in [1.54, 1.807) is 0 Å². The first-order valence-electron chi connectivity index (χ1n) is 4.64. The molecule has 1 aromatic rings. The Hall–Kier alpha value is -1.19. The topological polar surface area (TPSA) is 107 Å². The van der Waals surface area contributed by atoms with Crippen molar-refractivity contribution in [2.75, 3.05) is 13.3 Å². The van der Waals surface area contributed by atoms with E-state index in [0.717, 1.165) is 10.8 Å². The number of hydrogen-bond donors (Lipinski definition) is 3. The van der Waals surface area contributed by atoms with Crippen LogP contribution in [0, 0.1) is 0 Å². The highest BCUT2D eigenvalue weighted by Gasteiger charge is 1.96. The van der Waals surface area contributed by atoms with E-state index in [4.69, 9.17) is 27.5 Å². The van der Waals surface area contributed by atoms with Gasteiger partial charge in [0.1, 0.15) is 5.75 Å². The second-order valence-electron chi connectivity index (χ2n) is 2.86. The van der Waals surface area contributed by atoms with Crippen molar-refractivity contribution < 1.29 is 27.5 Å². The Bertz CT molecular complexity index is 385. The third-order valence-corrected chi connectivity index (χ3v) is 1.49. The fourth-order valence-corrected chi connectivity index (χ4v) is 0.757. The van der Waals surface area contributed by atoms with E-state index in [1.807, 2.05) is 37.3 Å². The van der Waals surface area contributed by atoms with Crippen LogP contribution in [0.4, 0.5) is 0 Å². The molecule has 8 heteroatoms. The number of ether oxygens (including phenoxy) is 1. The summed E-state index contributed by atoms with van der Waals surface area (Å²) in [6.45, 7) is 2.63. The largest absolute Gasteiger partial charge is 0.476 e. The van der Waals surface area contributed by atoms with Crippen LogP contribution in [-0.4, -0.2) is 41.1 Å². The van der Waals surface area contributed by atoms with Crippen LogP contribution < -0.4 is 4.74 Å². The van der Waals surface area contributed by atoms with Gasteiger partial charge in [-0.3, -0.25) is 9.11 Å². The molecular weight excluding hydrogens is 250 g/mol. The molecule has 0 fully saturated rings. The number of benzene rings is 1. The fourth-order valence-electron chi connectivity index (χ4n) is 0.757. The highest BCUT2D eigenvalue weighted by atomic mass is 32.3. The lowest BCUT2D eigenvalue weighted by atomic mass is 10.3. The number of hydrogen-bond acceptors (Lipinski definition) is 5. The molecule has 1 aromatic carbocycles. The second-order valence-corrected chi connectivity index (χ2v) is 3.75. The van der Waals surface area contributed by atoms with Gasteiger partial charge in [-0.2, -0.15) is 13.5 Å². The van der Waals surface area contributed by atoms with Crippen LogP contribution in [0.5, 0.6) is 5.75 Å². The van der Waals surface area contributed by atoms with Gasteiger partial charge in [-0.15, -0.1) is 0 Å².